The van der Waals surface area contributed by atoms with Crippen LogP contribution in [-0.4, -0.2) is 10.1 Å². The highest BCUT2D eigenvalue weighted by molar-refractivity contribution is 5.27. The van der Waals surface area contributed by atoms with Crippen molar-refractivity contribution in [1.82, 2.24) is 4.98 Å². The van der Waals surface area contributed by atoms with E-state index in [1.54, 1.807) is 18.3 Å². The van der Waals surface area contributed by atoms with E-state index in [1.807, 2.05) is 13.8 Å². The molecule has 1 unspecified atom stereocenters. The number of aromatic hydroxyl groups is 1. The average Bonchev–Trinajstić information content (AvgIpc) is 2.04. The first-order valence-electron chi connectivity index (χ1n) is 4.02. The van der Waals surface area contributed by atoms with Gasteiger partial charge in [-0.25, -0.2) is 0 Å². The molecule has 0 aliphatic rings. The molecule has 0 spiro atoms. The molecule has 3 N–H and O–H groups in total. The maximum atomic E-state index is 9.39. The standard InChI is InChI=1S/C9H14N2O/c1-6(2)8(10)9-7(12)4-3-5-11-9/h3-6,8,12H,10H2,1-2H3. The van der Waals surface area contributed by atoms with Gasteiger partial charge in [-0.1, -0.05) is 13.8 Å². The van der Waals surface area contributed by atoms with Gasteiger partial charge in [-0.3, -0.25) is 4.98 Å². The number of hydrogen-bond donors (Lipinski definition) is 2. The summed E-state index contributed by atoms with van der Waals surface area (Å²) >= 11 is 0. The normalized spacial score (nSPS) is 13.3. The molecule has 0 fully saturated rings. The third kappa shape index (κ3) is 1.74. The number of pyridine rings is 1. The summed E-state index contributed by atoms with van der Waals surface area (Å²) in [4.78, 5) is 4.02. The third-order valence-corrected chi connectivity index (χ3v) is 1.85. The van der Waals surface area contributed by atoms with Crippen LogP contribution in [0.25, 0.3) is 0 Å². The highest BCUT2D eigenvalue weighted by Gasteiger charge is 2.14. The van der Waals surface area contributed by atoms with Crippen LogP contribution in [-0.2, 0) is 0 Å². The number of nitrogens with two attached hydrogens (primary N) is 1. The van der Waals surface area contributed by atoms with Gasteiger partial charge < -0.3 is 10.8 Å². The van der Waals surface area contributed by atoms with E-state index in [9.17, 15) is 5.11 Å². The van der Waals surface area contributed by atoms with Crippen LogP contribution >= 0.6 is 0 Å². The van der Waals surface area contributed by atoms with Gasteiger partial charge in [0.1, 0.15) is 5.75 Å². The first-order chi connectivity index (χ1) is 5.63. The number of rotatable bonds is 2. The molecule has 0 aromatic carbocycles. The minimum absolute atomic E-state index is 0.179. The number of hydrogen-bond acceptors (Lipinski definition) is 3. The van der Waals surface area contributed by atoms with Gasteiger partial charge in [0.2, 0.25) is 0 Å². The van der Waals surface area contributed by atoms with Crippen LogP contribution in [0.5, 0.6) is 5.75 Å². The Morgan fingerprint density at radius 2 is 2.17 bits per heavy atom. The summed E-state index contributed by atoms with van der Waals surface area (Å²) in [6.45, 7) is 4.00. The molecular formula is C9H14N2O. The zero-order valence-electron chi connectivity index (χ0n) is 7.36. The molecule has 0 amide bonds. The van der Waals surface area contributed by atoms with E-state index in [0.29, 0.717) is 5.69 Å². The van der Waals surface area contributed by atoms with Gasteiger partial charge in [0.05, 0.1) is 11.7 Å². The number of nitrogens with zero attached hydrogens (tertiary/aromatic N) is 1. The van der Waals surface area contributed by atoms with Crippen molar-refractivity contribution >= 4 is 0 Å². The van der Waals surface area contributed by atoms with Gasteiger partial charge in [-0.15, -0.1) is 0 Å². The second-order valence-corrected chi connectivity index (χ2v) is 3.18. The van der Waals surface area contributed by atoms with E-state index in [-0.39, 0.29) is 17.7 Å². The van der Waals surface area contributed by atoms with Crippen molar-refractivity contribution in [2.24, 2.45) is 11.7 Å². The van der Waals surface area contributed by atoms with Crippen molar-refractivity contribution in [3.63, 3.8) is 0 Å². The minimum Gasteiger partial charge on any atom is -0.506 e. The third-order valence-electron chi connectivity index (χ3n) is 1.85. The Kier molecular flexibility index (Phi) is 2.65. The first kappa shape index (κ1) is 9.00. The molecule has 0 saturated carbocycles. The first-order valence-corrected chi connectivity index (χ1v) is 4.02. The summed E-state index contributed by atoms with van der Waals surface area (Å²) in [6.07, 6.45) is 1.64. The molecule has 0 bridgehead atoms. The minimum atomic E-state index is -0.189. The lowest BCUT2D eigenvalue weighted by Crippen LogP contribution is -2.17. The Balaban J connectivity index is 2.94. The van der Waals surface area contributed by atoms with Gasteiger partial charge in [-0.2, -0.15) is 0 Å². The SMILES string of the molecule is CC(C)C(N)c1ncccc1O. The molecule has 1 aromatic heterocycles. The fourth-order valence-corrected chi connectivity index (χ4v) is 0.982. The summed E-state index contributed by atoms with van der Waals surface area (Å²) in [7, 11) is 0. The monoisotopic (exact) mass is 166 g/mol. The molecule has 1 atom stereocenters. The van der Waals surface area contributed by atoms with E-state index < -0.39 is 0 Å². The summed E-state index contributed by atoms with van der Waals surface area (Å²) < 4.78 is 0. The zero-order chi connectivity index (χ0) is 9.14. The summed E-state index contributed by atoms with van der Waals surface area (Å²) in [5.74, 6) is 0.462. The molecule has 1 heterocycles. The Labute approximate surface area is 72.2 Å². The maximum Gasteiger partial charge on any atom is 0.138 e. The van der Waals surface area contributed by atoms with Crippen LogP contribution in [0.2, 0.25) is 0 Å². The van der Waals surface area contributed by atoms with Crippen molar-refractivity contribution in [3.8, 4) is 5.75 Å². The van der Waals surface area contributed by atoms with Gasteiger partial charge in [0, 0.05) is 6.20 Å². The zero-order valence-corrected chi connectivity index (χ0v) is 7.36. The predicted octanol–water partition coefficient (Wildman–Crippen LogP) is 1.44. The summed E-state index contributed by atoms with van der Waals surface area (Å²) in [5.41, 5.74) is 6.39. The van der Waals surface area contributed by atoms with Crippen molar-refractivity contribution in [2.75, 3.05) is 0 Å². The van der Waals surface area contributed by atoms with Gasteiger partial charge in [0.15, 0.2) is 0 Å². The van der Waals surface area contributed by atoms with E-state index in [2.05, 4.69) is 4.98 Å². The van der Waals surface area contributed by atoms with Gasteiger partial charge in [0.25, 0.3) is 0 Å². The van der Waals surface area contributed by atoms with Crippen molar-refractivity contribution < 1.29 is 5.11 Å². The molecule has 0 aliphatic carbocycles. The van der Waals surface area contributed by atoms with Crippen LogP contribution in [0, 0.1) is 5.92 Å². The second-order valence-electron chi connectivity index (χ2n) is 3.18. The maximum absolute atomic E-state index is 9.39. The van der Waals surface area contributed by atoms with Crippen LogP contribution in [0.1, 0.15) is 25.6 Å². The largest absolute Gasteiger partial charge is 0.506 e. The van der Waals surface area contributed by atoms with E-state index >= 15 is 0 Å². The molecule has 0 aliphatic heterocycles. The molecule has 1 rings (SSSR count). The molecule has 3 heteroatoms. The Bertz CT molecular complexity index is 260. The van der Waals surface area contributed by atoms with E-state index in [0.717, 1.165) is 0 Å². The Hall–Kier alpha value is -1.09. The summed E-state index contributed by atoms with van der Waals surface area (Å²) in [6, 6.07) is 3.10. The molecule has 12 heavy (non-hydrogen) atoms. The van der Waals surface area contributed by atoms with Gasteiger partial charge >= 0.3 is 0 Å². The average molecular weight is 166 g/mol. The quantitative estimate of drug-likeness (QED) is 0.699. The topological polar surface area (TPSA) is 59.1 Å². The van der Waals surface area contributed by atoms with Crippen LogP contribution < -0.4 is 5.73 Å². The fourth-order valence-electron chi connectivity index (χ4n) is 0.982. The molecule has 3 nitrogen and oxygen atoms in total. The second kappa shape index (κ2) is 3.54. The molecular weight excluding hydrogens is 152 g/mol. The van der Waals surface area contributed by atoms with Crippen molar-refractivity contribution in [1.29, 1.82) is 0 Å². The highest BCUT2D eigenvalue weighted by Crippen LogP contribution is 2.24. The Morgan fingerprint density at radius 1 is 1.50 bits per heavy atom. The van der Waals surface area contributed by atoms with Crippen LogP contribution in [0.15, 0.2) is 18.3 Å². The van der Waals surface area contributed by atoms with Crippen molar-refractivity contribution in [3.05, 3.63) is 24.0 Å². The van der Waals surface area contributed by atoms with E-state index in [4.69, 9.17) is 5.73 Å². The lowest BCUT2D eigenvalue weighted by Gasteiger charge is -2.15. The Morgan fingerprint density at radius 3 is 2.67 bits per heavy atom. The number of aromatic nitrogens is 1. The molecule has 66 valence electrons. The lowest BCUT2D eigenvalue weighted by molar-refractivity contribution is 0.431. The van der Waals surface area contributed by atoms with Crippen molar-refractivity contribution in [2.45, 2.75) is 19.9 Å². The predicted molar refractivity (Wildman–Crippen MR) is 47.7 cm³/mol. The summed E-state index contributed by atoms with van der Waals surface area (Å²) in [5, 5.41) is 9.39. The molecule has 1 aromatic rings. The lowest BCUT2D eigenvalue weighted by atomic mass is 10.0. The molecule has 0 saturated heterocycles. The molecule has 0 radical (unpaired) electrons. The fraction of sp³-hybridized carbons (Fsp3) is 0.444. The highest BCUT2D eigenvalue weighted by atomic mass is 16.3. The van der Waals surface area contributed by atoms with Gasteiger partial charge in [-0.05, 0) is 18.1 Å². The smallest absolute Gasteiger partial charge is 0.138 e. The van der Waals surface area contributed by atoms with E-state index in [1.165, 1.54) is 0 Å². The van der Waals surface area contributed by atoms with Crippen LogP contribution in [0.3, 0.4) is 0 Å². The van der Waals surface area contributed by atoms with Crippen LogP contribution in [0.4, 0.5) is 0 Å².